The first-order chi connectivity index (χ1) is 8.15. The largest absolute Gasteiger partial charge is 0.478 e. The number of carboxylic acid groups (broad SMARTS) is 1. The Hall–Kier alpha value is -2.63. The molecule has 0 spiro atoms. The van der Waals surface area contributed by atoms with Gasteiger partial charge in [0.15, 0.2) is 0 Å². The minimum atomic E-state index is -1.00. The van der Waals surface area contributed by atoms with Crippen molar-refractivity contribution in [2.75, 3.05) is 5.32 Å². The maximum absolute atomic E-state index is 11.0. The smallest absolute Gasteiger partial charge is 0.346 e. The van der Waals surface area contributed by atoms with Gasteiger partial charge >= 0.3 is 11.7 Å². The van der Waals surface area contributed by atoms with Crippen molar-refractivity contribution in [1.82, 2.24) is 9.97 Å². The van der Waals surface area contributed by atoms with E-state index in [1.54, 1.807) is 18.2 Å². The number of hydrogen-bond donors (Lipinski definition) is 3. The Bertz CT molecular complexity index is 607. The fourth-order valence-electron chi connectivity index (χ4n) is 1.33. The van der Waals surface area contributed by atoms with Gasteiger partial charge in [0.2, 0.25) is 0 Å². The van der Waals surface area contributed by atoms with Crippen molar-refractivity contribution in [1.29, 1.82) is 0 Å². The Morgan fingerprint density at radius 2 is 2.18 bits per heavy atom. The van der Waals surface area contributed by atoms with Gasteiger partial charge in [-0.05, 0) is 24.3 Å². The summed E-state index contributed by atoms with van der Waals surface area (Å²) >= 11 is 0. The van der Waals surface area contributed by atoms with Crippen LogP contribution >= 0.6 is 0 Å². The fraction of sp³-hybridized carbons (Fsp3) is 0. The molecule has 0 aliphatic heterocycles. The number of aromatic amines is 1. The number of hydrogen-bond acceptors (Lipinski definition) is 4. The van der Waals surface area contributed by atoms with Crippen molar-refractivity contribution in [2.24, 2.45) is 0 Å². The molecule has 3 N–H and O–H groups in total. The topological polar surface area (TPSA) is 95.1 Å². The van der Waals surface area contributed by atoms with Crippen LogP contribution in [0.3, 0.4) is 0 Å². The molecule has 0 aliphatic carbocycles. The number of nitrogens with zero attached hydrogens (tertiary/aromatic N) is 1. The zero-order valence-corrected chi connectivity index (χ0v) is 8.68. The molecule has 0 unspecified atom stereocenters. The number of carbonyl (C=O) groups is 1. The van der Waals surface area contributed by atoms with Crippen molar-refractivity contribution in [3.05, 3.63) is 52.6 Å². The van der Waals surface area contributed by atoms with E-state index in [-0.39, 0.29) is 5.56 Å². The van der Waals surface area contributed by atoms with E-state index in [0.717, 1.165) is 0 Å². The molecule has 0 atom stereocenters. The van der Waals surface area contributed by atoms with Crippen molar-refractivity contribution in [2.45, 2.75) is 0 Å². The molecule has 0 saturated carbocycles. The van der Waals surface area contributed by atoms with Gasteiger partial charge in [0.1, 0.15) is 5.82 Å². The van der Waals surface area contributed by atoms with Crippen LogP contribution in [0.2, 0.25) is 0 Å². The molecule has 0 amide bonds. The van der Waals surface area contributed by atoms with E-state index in [9.17, 15) is 9.59 Å². The van der Waals surface area contributed by atoms with E-state index in [1.807, 2.05) is 0 Å². The van der Waals surface area contributed by atoms with E-state index < -0.39 is 11.7 Å². The highest BCUT2D eigenvalue weighted by molar-refractivity contribution is 5.89. The summed E-state index contributed by atoms with van der Waals surface area (Å²) < 4.78 is 0. The van der Waals surface area contributed by atoms with Gasteiger partial charge in [0, 0.05) is 11.9 Å². The zero-order chi connectivity index (χ0) is 12.3. The molecule has 0 radical (unpaired) electrons. The Balaban J connectivity index is 2.27. The summed E-state index contributed by atoms with van der Waals surface area (Å²) in [7, 11) is 0. The summed E-state index contributed by atoms with van der Waals surface area (Å²) in [4.78, 5) is 27.7. The summed E-state index contributed by atoms with van der Waals surface area (Å²) in [5.74, 6) is -0.551. The molecule has 1 aromatic heterocycles. The van der Waals surface area contributed by atoms with E-state index >= 15 is 0 Å². The molecule has 2 aromatic rings. The third-order valence-corrected chi connectivity index (χ3v) is 2.06. The standard InChI is InChI=1S/C11H9N3O3/c15-10(16)7-2-1-3-8(6-7)13-9-4-5-12-11(17)14-9/h1-6H,(H,15,16)(H2,12,13,14,17). The molecule has 86 valence electrons. The molecule has 0 bridgehead atoms. The first kappa shape index (κ1) is 10.9. The second kappa shape index (κ2) is 4.48. The summed E-state index contributed by atoms with van der Waals surface area (Å²) in [6, 6.07) is 7.86. The molecule has 6 nitrogen and oxygen atoms in total. The summed E-state index contributed by atoms with van der Waals surface area (Å²) in [6.45, 7) is 0. The van der Waals surface area contributed by atoms with Crippen molar-refractivity contribution in [3.63, 3.8) is 0 Å². The quantitative estimate of drug-likeness (QED) is 0.738. The van der Waals surface area contributed by atoms with Crippen LogP contribution in [0, 0.1) is 0 Å². The van der Waals surface area contributed by atoms with E-state index in [1.165, 1.54) is 18.3 Å². The van der Waals surface area contributed by atoms with Crippen LogP contribution in [-0.2, 0) is 0 Å². The van der Waals surface area contributed by atoms with Crippen LogP contribution in [0.25, 0.3) is 0 Å². The Labute approximate surface area is 96.0 Å². The average molecular weight is 231 g/mol. The predicted molar refractivity (Wildman–Crippen MR) is 61.5 cm³/mol. The van der Waals surface area contributed by atoms with Gasteiger partial charge in [-0.15, -0.1) is 0 Å². The third-order valence-electron chi connectivity index (χ3n) is 2.06. The number of aromatic nitrogens is 2. The third kappa shape index (κ3) is 2.69. The first-order valence-corrected chi connectivity index (χ1v) is 4.81. The molecule has 1 aromatic carbocycles. The lowest BCUT2D eigenvalue weighted by Gasteiger charge is -2.05. The highest BCUT2D eigenvalue weighted by Crippen LogP contribution is 2.14. The maximum atomic E-state index is 11.0. The second-order valence-electron chi connectivity index (χ2n) is 3.30. The number of aromatic carboxylic acids is 1. The Kier molecular flexibility index (Phi) is 2.87. The normalized spacial score (nSPS) is 9.88. The number of carboxylic acids is 1. The molecule has 17 heavy (non-hydrogen) atoms. The van der Waals surface area contributed by atoms with Gasteiger partial charge in [-0.3, -0.25) is 4.98 Å². The van der Waals surface area contributed by atoms with Crippen LogP contribution in [0.4, 0.5) is 11.5 Å². The van der Waals surface area contributed by atoms with E-state index in [4.69, 9.17) is 5.11 Å². The highest BCUT2D eigenvalue weighted by atomic mass is 16.4. The minimum Gasteiger partial charge on any atom is -0.478 e. The molecule has 2 rings (SSSR count). The zero-order valence-electron chi connectivity index (χ0n) is 8.68. The van der Waals surface area contributed by atoms with Gasteiger partial charge in [-0.1, -0.05) is 6.07 Å². The van der Waals surface area contributed by atoms with Gasteiger partial charge in [-0.25, -0.2) is 14.6 Å². The predicted octanol–water partition coefficient (Wildman–Crippen LogP) is 1.21. The number of benzene rings is 1. The number of nitrogens with one attached hydrogen (secondary N) is 2. The van der Waals surface area contributed by atoms with Crippen LogP contribution in [-0.4, -0.2) is 21.0 Å². The number of H-pyrrole nitrogens is 1. The first-order valence-electron chi connectivity index (χ1n) is 4.81. The molecule has 0 aliphatic rings. The van der Waals surface area contributed by atoms with Gasteiger partial charge < -0.3 is 10.4 Å². The minimum absolute atomic E-state index is 0.173. The number of rotatable bonds is 3. The summed E-state index contributed by atoms with van der Waals surface area (Å²) in [6.07, 6.45) is 1.36. The van der Waals surface area contributed by atoms with Gasteiger partial charge in [0.05, 0.1) is 5.56 Å². The molecule has 0 fully saturated rings. The van der Waals surface area contributed by atoms with Gasteiger partial charge in [-0.2, -0.15) is 0 Å². The lowest BCUT2D eigenvalue weighted by molar-refractivity contribution is 0.0697. The van der Waals surface area contributed by atoms with E-state index in [2.05, 4.69) is 15.3 Å². The molecule has 1 heterocycles. The van der Waals surface area contributed by atoms with Crippen molar-refractivity contribution >= 4 is 17.5 Å². The Morgan fingerprint density at radius 1 is 1.35 bits per heavy atom. The SMILES string of the molecule is O=C(O)c1cccc(Nc2ccnc(=O)[nH]2)c1. The Morgan fingerprint density at radius 3 is 2.88 bits per heavy atom. The monoisotopic (exact) mass is 231 g/mol. The lowest BCUT2D eigenvalue weighted by atomic mass is 10.2. The second-order valence-corrected chi connectivity index (χ2v) is 3.30. The summed E-state index contributed by atoms with van der Waals surface area (Å²) in [5.41, 5.74) is 0.280. The molecule has 0 saturated heterocycles. The van der Waals surface area contributed by atoms with Crippen molar-refractivity contribution in [3.8, 4) is 0 Å². The van der Waals surface area contributed by atoms with Crippen molar-refractivity contribution < 1.29 is 9.90 Å². The molecular weight excluding hydrogens is 222 g/mol. The van der Waals surface area contributed by atoms with Crippen LogP contribution < -0.4 is 11.0 Å². The molecule has 6 heteroatoms. The van der Waals surface area contributed by atoms with Crippen LogP contribution in [0.15, 0.2) is 41.3 Å². The van der Waals surface area contributed by atoms with Crippen LogP contribution in [0.1, 0.15) is 10.4 Å². The fourth-order valence-corrected chi connectivity index (χ4v) is 1.33. The number of anilines is 2. The van der Waals surface area contributed by atoms with Crippen LogP contribution in [0.5, 0.6) is 0 Å². The maximum Gasteiger partial charge on any atom is 0.346 e. The lowest BCUT2D eigenvalue weighted by Crippen LogP contribution is -2.10. The molecular formula is C11H9N3O3. The van der Waals surface area contributed by atoms with Gasteiger partial charge in [0.25, 0.3) is 0 Å². The average Bonchev–Trinajstić information content (AvgIpc) is 2.29. The highest BCUT2D eigenvalue weighted by Gasteiger charge is 2.03. The summed E-state index contributed by atoms with van der Waals surface area (Å²) in [5, 5.41) is 11.7. The van der Waals surface area contributed by atoms with E-state index in [0.29, 0.717) is 11.5 Å².